The molecule has 0 aliphatic heterocycles. The van der Waals surface area contributed by atoms with Crippen LogP contribution in [0.3, 0.4) is 0 Å². The van der Waals surface area contributed by atoms with Crippen LogP contribution in [-0.2, 0) is 16.0 Å². The summed E-state index contributed by atoms with van der Waals surface area (Å²) in [5.74, 6) is 1.79. The second-order valence-corrected chi connectivity index (χ2v) is 7.91. The number of aliphatic imine (C=N–C) groups is 1. The van der Waals surface area contributed by atoms with Gasteiger partial charge < -0.3 is 19.9 Å². The number of carbonyl (C=O) groups excluding carboxylic acids is 1. The number of guanidine groups is 1. The minimum absolute atomic E-state index is 0.0184. The Morgan fingerprint density at radius 1 is 1.23 bits per heavy atom. The zero-order valence-electron chi connectivity index (χ0n) is 18.1. The molecule has 0 spiro atoms. The van der Waals surface area contributed by atoms with Crippen molar-refractivity contribution in [3.8, 4) is 11.4 Å². The molecule has 0 unspecified atom stereocenters. The van der Waals surface area contributed by atoms with Gasteiger partial charge in [0.25, 0.3) is 0 Å². The van der Waals surface area contributed by atoms with Gasteiger partial charge in [-0.2, -0.15) is 4.98 Å². The van der Waals surface area contributed by atoms with Crippen LogP contribution in [0.1, 0.15) is 45.4 Å². The lowest BCUT2D eigenvalue weighted by Gasteiger charge is -2.29. The summed E-state index contributed by atoms with van der Waals surface area (Å²) in [5.41, 5.74) is 0.858. The monoisotopic (exact) mass is 447 g/mol. The van der Waals surface area contributed by atoms with Crippen molar-refractivity contribution in [3.05, 3.63) is 35.2 Å². The van der Waals surface area contributed by atoms with Crippen molar-refractivity contribution in [2.24, 2.45) is 10.9 Å². The topological polar surface area (TPSA) is 102 Å². The average Bonchev–Trinajstić information content (AvgIpc) is 3.24. The second-order valence-electron chi connectivity index (χ2n) is 7.47. The molecule has 31 heavy (non-hydrogen) atoms. The number of benzene rings is 1. The van der Waals surface area contributed by atoms with Crippen molar-refractivity contribution in [1.29, 1.82) is 0 Å². The highest BCUT2D eigenvalue weighted by atomic mass is 35.5. The fourth-order valence-electron chi connectivity index (χ4n) is 3.58. The lowest BCUT2D eigenvalue weighted by atomic mass is 9.86. The van der Waals surface area contributed by atoms with Crippen molar-refractivity contribution in [3.63, 3.8) is 0 Å². The molecule has 1 heterocycles. The van der Waals surface area contributed by atoms with Crippen LogP contribution in [0.15, 0.2) is 33.8 Å². The zero-order valence-corrected chi connectivity index (χ0v) is 18.8. The molecule has 1 aromatic heterocycles. The highest BCUT2D eigenvalue weighted by molar-refractivity contribution is 6.30. The van der Waals surface area contributed by atoms with Gasteiger partial charge in [-0.3, -0.25) is 9.79 Å². The van der Waals surface area contributed by atoms with E-state index in [2.05, 4.69) is 25.8 Å². The molecule has 8 nitrogen and oxygen atoms in total. The first-order valence-corrected chi connectivity index (χ1v) is 11.3. The van der Waals surface area contributed by atoms with E-state index in [0.29, 0.717) is 42.4 Å². The average molecular weight is 448 g/mol. The molecule has 3 rings (SSSR count). The van der Waals surface area contributed by atoms with Crippen LogP contribution in [0.5, 0.6) is 0 Å². The first kappa shape index (κ1) is 23.1. The summed E-state index contributed by atoms with van der Waals surface area (Å²) in [4.78, 5) is 21.0. The van der Waals surface area contributed by atoms with Gasteiger partial charge in [-0.1, -0.05) is 16.8 Å². The Hall–Kier alpha value is -2.61. The number of hydrogen-bond donors (Lipinski definition) is 2. The summed E-state index contributed by atoms with van der Waals surface area (Å²) < 4.78 is 10.5. The van der Waals surface area contributed by atoms with Crippen LogP contribution in [0.2, 0.25) is 5.02 Å². The Balaban J connectivity index is 1.49. The summed E-state index contributed by atoms with van der Waals surface area (Å²) in [6.07, 6.45) is 4.06. The molecular formula is C22H30ClN5O3. The molecule has 2 aromatic rings. The maximum Gasteiger partial charge on any atom is 0.308 e. The van der Waals surface area contributed by atoms with Crippen molar-refractivity contribution < 1.29 is 14.1 Å². The quantitative estimate of drug-likeness (QED) is 0.362. The largest absolute Gasteiger partial charge is 0.466 e. The van der Waals surface area contributed by atoms with E-state index < -0.39 is 0 Å². The van der Waals surface area contributed by atoms with E-state index >= 15 is 0 Å². The van der Waals surface area contributed by atoms with Crippen LogP contribution in [0, 0.1) is 5.92 Å². The van der Waals surface area contributed by atoms with E-state index in [1.165, 1.54) is 0 Å². The van der Waals surface area contributed by atoms with Crippen LogP contribution in [-0.4, -0.2) is 47.8 Å². The third-order valence-electron chi connectivity index (χ3n) is 5.20. The molecule has 0 atom stereocenters. The zero-order chi connectivity index (χ0) is 22.1. The van der Waals surface area contributed by atoms with Crippen LogP contribution >= 0.6 is 11.6 Å². The van der Waals surface area contributed by atoms with Gasteiger partial charge in [-0.05, 0) is 63.8 Å². The maximum atomic E-state index is 11.9. The maximum absolute atomic E-state index is 11.9. The lowest BCUT2D eigenvalue weighted by molar-refractivity contribution is -0.149. The van der Waals surface area contributed by atoms with Crippen molar-refractivity contribution in [1.82, 2.24) is 20.8 Å². The Kier molecular flexibility index (Phi) is 8.70. The number of nitrogens with one attached hydrogen (secondary N) is 2. The number of hydrogen-bond acceptors (Lipinski definition) is 6. The molecule has 1 fully saturated rings. The van der Waals surface area contributed by atoms with Gasteiger partial charge in [0.05, 0.1) is 19.1 Å². The SMILES string of the molecule is CCNC(=NCCc1nc(-c2ccc(Cl)cc2)no1)NC1CCC(C(=O)OCC)CC1. The minimum atomic E-state index is -0.0703. The number of rotatable bonds is 8. The number of halogens is 1. The predicted octanol–water partition coefficient (Wildman–Crippen LogP) is 3.61. The molecule has 0 bridgehead atoms. The third kappa shape index (κ3) is 6.95. The molecule has 1 aliphatic rings. The first-order chi connectivity index (χ1) is 15.1. The van der Waals surface area contributed by atoms with Gasteiger partial charge in [-0.25, -0.2) is 0 Å². The van der Waals surface area contributed by atoms with Gasteiger partial charge in [0.15, 0.2) is 5.96 Å². The van der Waals surface area contributed by atoms with Gasteiger partial charge in [-0.15, -0.1) is 0 Å². The first-order valence-electron chi connectivity index (χ1n) is 10.9. The molecule has 0 amide bonds. The second kappa shape index (κ2) is 11.7. The summed E-state index contributed by atoms with van der Waals surface area (Å²) in [6.45, 7) is 5.61. The summed E-state index contributed by atoms with van der Waals surface area (Å²) in [6, 6.07) is 7.61. The molecule has 0 radical (unpaired) electrons. The van der Waals surface area contributed by atoms with Gasteiger partial charge in [0.1, 0.15) is 0 Å². The summed E-state index contributed by atoms with van der Waals surface area (Å²) in [7, 11) is 0. The molecule has 9 heteroatoms. The van der Waals surface area contributed by atoms with Crippen LogP contribution < -0.4 is 10.6 Å². The lowest BCUT2D eigenvalue weighted by Crippen LogP contribution is -2.45. The van der Waals surface area contributed by atoms with E-state index in [1.807, 2.05) is 26.0 Å². The highest BCUT2D eigenvalue weighted by Crippen LogP contribution is 2.25. The fraction of sp³-hybridized carbons (Fsp3) is 0.545. The van der Waals surface area contributed by atoms with E-state index in [1.54, 1.807) is 12.1 Å². The van der Waals surface area contributed by atoms with E-state index in [-0.39, 0.29) is 11.9 Å². The highest BCUT2D eigenvalue weighted by Gasteiger charge is 2.27. The van der Waals surface area contributed by atoms with Gasteiger partial charge in [0.2, 0.25) is 11.7 Å². The Bertz CT molecular complexity index is 860. The Morgan fingerprint density at radius 3 is 2.65 bits per heavy atom. The molecule has 1 aliphatic carbocycles. The standard InChI is InChI=1S/C22H30ClN5O3/c1-3-24-22(26-18-11-7-16(8-12-18)21(29)30-4-2)25-14-13-19-27-20(28-31-19)15-5-9-17(23)10-6-15/h5-6,9-10,16,18H,3-4,7-8,11-14H2,1-2H3,(H2,24,25,26). The third-order valence-corrected chi connectivity index (χ3v) is 5.45. The molecule has 2 N–H and O–H groups in total. The van der Waals surface area contributed by atoms with Crippen molar-refractivity contribution in [2.45, 2.75) is 52.0 Å². The number of aromatic nitrogens is 2. The van der Waals surface area contributed by atoms with E-state index in [9.17, 15) is 4.79 Å². The van der Waals surface area contributed by atoms with Crippen molar-refractivity contribution in [2.75, 3.05) is 19.7 Å². The number of esters is 1. The van der Waals surface area contributed by atoms with Crippen LogP contribution in [0.4, 0.5) is 0 Å². The number of carbonyl (C=O) groups is 1. The van der Waals surface area contributed by atoms with Gasteiger partial charge >= 0.3 is 5.97 Å². The molecular weight excluding hydrogens is 418 g/mol. The normalized spacial score (nSPS) is 19.1. The van der Waals surface area contributed by atoms with Crippen LogP contribution in [0.25, 0.3) is 11.4 Å². The summed E-state index contributed by atoms with van der Waals surface area (Å²) in [5, 5.41) is 11.5. The molecule has 1 aromatic carbocycles. The van der Waals surface area contributed by atoms with Gasteiger partial charge in [0, 0.05) is 29.6 Å². The molecule has 168 valence electrons. The number of nitrogens with zero attached hydrogens (tertiary/aromatic N) is 3. The van der Waals surface area contributed by atoms with E-state index in [0.717, 1.165) is 43.8 Å². The Labute approximate surface area is 187 Å². The summed E-state index contributed by atoms with van der Waals surface area (Å²) >= 11 is 5.92. The molecule has 0 saturated heterocycles. The fourth-order valence-corrected chi connectivity index (χ4v) is 3.71. The molecule has 1 saturated carbocycles. The van der Waals surface area contributed by atoms with Crippen molar-refractivity contribution >= 4 is 23.5 Å². The predicted molar refractivity (Wildman–Crippen MR) is 120 cm³/mol. The number of ether oxygens (including phenoxy) is 1. The smallest absolute Gasteiger partial charge is 0.308 e. The van der Waals surface area contributed by atoms with E-state index in [4.69, 9.17) is 20.9 Å². The Morgan fingerprint density at radius 2 is 1.97 bits per heavy atom. The minimum Gasteiger partial charge on any atom is -0.466 e.